The third-order valence-corrected chi connectivity index (χ3v) is 5.63. The standard InChI is InChI=1S/C24H21BrCl2N2O4/c1-3-32-23-19(25)10-15(11-22(23)31-2)13-28-29-24(30)18-6-4-5-7-21(18)33-14-16-8-9-17(26)12-20(16)27/h4-13H,3,14H2,1-2H3,(H,29,30)/b28-13+. The molecular formula is C24H21BrCl2N2O4. The van der Waals surface area contributed by atoms with E-state index in [0.29, 0.717) is 45.0 Å². The smallest absolute Gasteiger partial charge is 0.275 e. The molecule has 0 spiro atoms. The third-order valence-electron chi connectivity index (χ3n) is 4.45. The Morgan fingerprint density at radius 3 is 2.61 bits per heavy atom. The third kappa shape index (κ3) is 6.63. The molecule has 0 aliphatic carbocycles. The van der Waals surface area contributed by atoms with Gasteiger partial charge in [0.25, 0.3) is 5.91 Å². The molecule has 0 aliphatic rings. The van der Waals surface area contributed by atoms with Crippen LogP contribution < -0.4 is 19.6 Å². The van der Waals surface area contributed by atoms with Gasteiger partial charge in [0, 0.05) is 15.6 Å². The Bertz CT molecular complexity index is 1170. The van der Waals surface area contributed by atoms with Gasteiger partial charge in [0.1, 0.15) is 12.4 Å². The molecule has 6 nitrogen and oxygen atoms in total. The van der Waals surface area contributed by atoms with Gasteiger partial charge in [-0.2, -0.15) is 5.10 Å². The van der Waals surface area contributed by atoms with E-state index in [1.807, 2.05) is 13.0 Å². The number of hydrogen-bond acceptors (Lipinski definition) is 5. The van der Waals surface area contributed by atoms with Crippen molar-refractivity contribution >= 4 is 51.3 Å². The first kappa shape index (κ1) is 24.9. The summed E-state index contributed by atoms with van der Waals surface area (Å²) >= 11 is 15.6. The summed E-state index contributed by atoms with van der Waals surface area (Å²) in [5, 5.41) is 5.09. The van der Waals surface area contributed by atoms with E-state index in [4.69, 9.17) is 37.4 Å². The number of amides is 1. The van der Waals surface area contributed by atoms with Gasteiger partial charge in [-0.3, -0.25) is 4.79 Å². The molecule has 33 heavy (non-hydrogen) atoms. The number of hydrazone groups is 1. The lowest BCUT2D eigenvalue weighted by atomic mass is 10.2. The molecule has 0 bridgehead atoms. The van der Waals surface area contributed by atoms with Gasteiger partial charge in [-0.05, 0) is 64.8 Å². The van der Waals surface area contributed by atoms with Crippen molar-refractivity contribution in [1.82, 2.24) is 5.43 Å². The summed E-state index contributed by atoms with van der Waals surface area (Å²) in [4.78, 5) is 12.7. The van der Waals surface area contributed by atoms with Crippen LogP contribution in [0.25, 0.3) is 0 Å². The summed E-state index contributed by atoms with van der Waals surface area (Å²) in [5.74, 6) is 1.15. The van der Waals surface area contributed by atoms with Gasteiger partial charge in [0.2, 0.25) is 0 Å². The maximum Gasteiger partial charge on any atom is 0.275 e. The van der Waals surface area contributed by atoms with Crippen LogP contribution in [0.2, 0.25) is 10.0 Å². The van der Waals surface area contributed by atoms with Crippen molar-refractivity contribution in [1.29, 1.82) is 0 Å². The molecule has 0 unspecified atom stereocenters. The van der Waals surface area contributed by atoms with E-state index in [1.54, 1.807) is 55.6 Å². The molecule has 3 aromatic carbocycles. The van der Waals surface area contributed by atoms with Crippen LogP contribution in [-0.2, 0) is 6.61 Å². The zero-order chi connectivity index (χ0) is 23.8. The summed E-state index contributed by atoms with van der Waals surface area (Å²) < 4.78 is 17.5. The number of hydrogen-bond donors (Lipinski definition) is 1. The van der Waals surface area contributed by atoms with Crippen molar-refractivity contribution in [3.8, 4) is 17.2 Å². The molecule has 0 radical (unpaired) electrons. The number of carbonyl (C=O) groups excluding carboxylic acids is 1. The van der Waals surface area contributed by atoms with Crippen molar-refractivity contribution in [2.24, 2.45) is 5.10 Å². The zero-order valence-electron chi connectivity index (χ0n) is 17.9. The lowest BCUT2D eigenvalue weighted by molar-refractivity contribution is 0.0950. The number of ether oxygens (including phenoxy) is 3. The quantitative estimate of drug-likeness (QED) is 0.243. The Balaban J connectivity index is 1.70. The second kappa shape index (κ2) is 11.9. The topological polar surface area (TPSA) is 69.2 Å². The minimum Gasteiger partial charge on any atom is -0.493 e. The summed E-state index contributed by atoms with van der Waals surface area (Å²) in [6, 6.07) is 15.6. The van der Waals surface area contributed by atoms with Crippen molar-refractivity contribution < 1.29 is 19.0 Å². The van der Waals surface area contributed by atoms with Crippen LogP contribution in [0.4, 0.5) is 0 Å². The molecule has 0 saturated heterocycles. The zero-order valence-corrected chi connectivity index (χ0v) is 21.0. The van der Waals surface area contributed by atoms with Gasteiger partial charge in [-0.15, -0.1) is 0 Å². The monoisotopic (exact) mass is 550 g/mol. The number of carbonyl (C=O) groups is 1. The summed E-state index contributed by atoms with van der Waals surface area (Å²) in [6.07, 6.45) is 1.51. The molecule has 0 aliphatic heterocycles. The molecule has 0 fully saturated rings. The molecule has 3 aromatic rings. The normalized spacial score (nSPS) is 10.8. The van der Waals surface area contributed by atoms with Gasteiger partial charge < -0.3 is 14.2 Å². The predicted molar refractivity (Wildman–Crippen MR) is 134 cm³/mol. The highest BCUT2D eigenvalue weighted by atomic mass is 79.9. The molecule has 172 valence electrons. The van der Waals surface area contributed by atoms with Gasteiger partial charge in [0.15, 0.2) is 11.5 Å². The second-order valence-corrected chi connectivity index (χ2v) is 8.38. The van der Waals surface area contributed by atoms with Crippen LogP contribution in [0.5, 0.6) is 17.2 Å². The molecule has 0 atom stereocenters. The second-order valence-electron chi connectivity index (χ2n) is 6.69. The minimum absolute atomic E-state index is 0.184. The highest BCUT2D eigenvalue weighted by Crippen LogP contribution is 2.36. The number of methoxy groups -OCH3 is 1. The number of para-hydroxylation sites is 1. The lowest BCUT2D eigenvalue weighted by Crippen LogP contribution is -2.18. The van der Waals surface area contributed by atoms with Crippen LogP contribution in [-0.4, -0.2) is 25.8 Å². The fraction of sp³-hybridized carbons (Fsp3) is 0.167. The Labute approximate surface area is 210 Å². The molecule has 9 heteroatoms. The highest BCUT2D eigenvalue weighted by molar-refractivity contribution is 9.10. The molecular weight excluding hydrogens is 531 g/mol. The molecule has 0 heterocycles. The van der Waals surface area contributed by atoms with Gasteiger partial charge in [-0.25, -0.2) is 5.43 Å². The van der Waals surface area contributed by atoms with E-state index in [9.17, 15) is 4.79 Å². The van der Waals surface area contributed by atoms with E-state index < -0.39 is 5.91 Å². The summed E-state index contributed by atoms with van der Waals surface area (Å²) in [6.45, 7) is 2.58. The fourth-order valence-corrected chi connectivity index (χ4v) is 3.94. The number of nitrogens with one attached hydrogen (secondary N) is 1. The maximum atomic E-state index is 12.7. The van der Waals surface area contributed by atoms with Crippen molar-refractivity contribution in [3.05, 3.63) is 85.8 Å². The van der Waals surface area contributed by atoms with Crippen LogP contribution in [0, 0.1) is 0 Å². The van der Waals surface area contributed by atoms with Crippen LogP contribution in [0.3, 0.4) is 0 Å². The van der Waals surface area contributed by atoms with Gasteiger partial charge in [0.05, 0.1) is 30.0 Å². The van der Waals surface area contributed by atoms with E-state index in [2.05, 4.69) is 26.5 Å². The molecule has 0 aromatic heterocycles. The molecule has 1 amide bonds. The van der Waals surface area contributed by atoms with E-state index >= 15 is 0 Å². The van der Waals surface area contributed by atoms with Gasteiger partial charge >= 0.3 is 0 Å². The van der Waals surface area contributed by atoms with Crippen LogP contribution in [0.1, 0.15) is 28.4 Å². The van der Waals surface area contributed by atoms with E-state index in [1.165, 1.54) is 6.21 Å². The summed E-state index contributed by atoms with van der Waals surface area (Å²) in [7, 11) is 1.56. The largest absolute Gasteiger partial charge is 0.493 e. The SMILES string of the molecule is CCOc1c(Br)cc(/C=N/NC(=O)c2ccccc2OCc2ccc(Cl)cc2Cl)cc1OC. The molecule has 0 saturated carbocycles. The highest BCUT2D eigenvalue weighted by Gasteiger charge is 2.13. The molecule has 1 N–H and O–H groups in total. The van der Waals surface area contributed by atoms with Gasteiger partial charge in [-0.1, -0.05) is 41.4 Å². The lowest BCUT2D eigenvalue weighted by Gasteiger charge is -2.12. The van der Waals surface area contributed by atoms with Crippen LogP contribution in [0.15, 0.2) is 64.2 Å². The molecule has 3 rings (SSSR count). The average molecular weight is 552 g/mol. The Morgan fingerprint density at radius 2 is 1.88 bits per heavy atom. The van der Waals surface area contributed by atoms with Crippen molar-refractivity contribution in [2.45, 2.75) is 13.5 Å². The minimum atomic E-state index is -0.416. The number of nitrogens with zero attached hydrogens (tertiary/aromatic N) is 1. The van der Waals surface area contributed by atoms with Crippen LogP contribution >= 0.6 is 39.1 Å². The summed E-state index contributed by atoms with van der Waals surface area (Å²) in [5.41, 5.74) is 4.33. The predicted octanol–water partition coefficient (Wildman–Crippen LogP) is 6.51. The fourth-order valence-electron chi connectivity index (χ4n) is 2.90. The Kier molecular flexibility index (Phi) is 9.00. The maximum absolute atomic E-state index is 12.7. The number of halogens is 3. The number of benzene rings is 3. The van der Waals surface area contributed by atoms with E-state index in [0.717, 1.165) is 10.0 Å². The Hall–Kier alpha value is -2.74. The first-order valence-corrected chi connectivity index (χ1v) is 11.5. The first-order valence-electron chi connectivity index (χ1n) is 9.92. The number of rotatable bonds is 9. The van der Waals surface area contributed by atoms with Crippen molar-refractivity contribution in [2.75, 3.05) is 13.7 Å². The first-order chi connectivity index (χ1) is 15.9. The average Bonchev–Trinajstić information content (AvgIpc) is 2.80. The van der Waals surface area contributed by atoms with E-state index in [-0.39, 0.29) is 6.61 Å². The Morgan fingerprint density at radius 1 is 1.09 bits per heavy atom. The van der Waals surface area contributed by atoms with Crippen molar-refractivity contribution in [3.63, 3.8) is 0 Å².